The number of amides is 1. The summed E-state index contributed by atoms with van der Waals surface area (Å²) in [5.41, 5.74) is 4.33. The summed E-state index contributed by atoms with van der Waals surface area (Å²) in [7, 11) is 0. The van der Waals surface area contributed by atoms with Crippen molar-refractivity contribution < 1.29 is 4.79 Å². The van der Waals surface area contributed by atoms with Crippen LogP contribution in [-0.2, 0) is 4.79 Å². The SMILES string of the molecule is Cc1ccc(-c2nc3ccccn3c2NC(=O)C(Cl)c2ccccc2)cc1. The molecule has 0 fully saturated rings. The molecule has 0 aliphatic rings. The molecule has 1 atom stereocenters. The van der Waals surface area contributed by atoms with Crippen molar-refractivity contribution in [3.8, 4) is 11.3 Å². The number of nitrogens with zero attached hydrogens (tertiary/aromatic N) is 2. The lowest BCUT2D eigenvalue weighted by Gasteiger charge is -2.12. The number of pyridine rings is 1. The smallest absolute Gasteiger partial charge is 0.248 e. The van der Waals surface area contributed by atoms with Crippen LogP contribution in [0.15, 0.2) is 79.0 Å². The topological polar surface area (TPSA) is 46.4 Å². The molecule has 1 unspecified atom stereocenters. The van der Waals surface area contributed by atoms with Gasteiger partial charge in [0.2, 0.25) is 5.91 Å². The van der Waals surface area contributed by atoms with E-state index in [4.69, 9.17) is 16.6 Å². The van der Waals surface area contributed by atoms with Crippen LogP contribution < -0.4 is 5.32 Å². The summed E-state index contributed by atoms with van der Waals surface area (Å²) >= 11 is 6.40. The van der Waals surface area contributed by atoms with Crippen molar-refractivity contribution in [1.82, 2.24) is 9.38 Å². The Hall–Kier alpha value is -3.11. The molecule has 1 amide bonds. The van der Waals surface area contributed by atoms with Crippen LogP contribution in [0.3, 0.4) is 0 Å². The van der Waals surface area contributed by atoms with Crippen LogP contribution in [0.5, 0.6) is 0 Å². The van der Waals surface area contributed by atoms with Gasteiger partial charge in [-0.2, -0.15) is 0 Å². The third-order valence-corrected chi connectivity index (χ3v) is 4.87. The molecule has 134 valence electrons. The minimum atomic E-state index is -0.786. The number of imidazole rings is 1. The van der Waals surface area contributed by atoms with Crippen LogP contribution in [0, 0.1) is 6.92 Å². The monoisotopic (exact) mass is 375 g/mol. The van der Waals surface area contributed by atoms with Gasteiger partial charge in [-0.1, -0.05) is 66.2 Å². The highest BCUT2D eigenvalue weighted by atomic mass is 35.5. The lowest BCUT2D eigenvalue weighted by atomic mass is 10.1. The van der Waals surface area contributed by atoms with Gasteiger partial charge in [-0.15, -0.1) is 11.6 Å². The van der Waals surface area contributed by atoms with Crippen molar-refractivity contribution in [2.75, 3.05) is 5.32 Å². The zero-order chi connectivity index (χ0) is 18.8. The number of aromatic nitrogens is 2. The number of alkyl halides is 1. The van der Waals surface area contributed by atoms with Gasteiger partial charge >= 0.3 is 0 Å². The summed E-state index contributed by atoms with van der Waals surface area (Å²) in [6.07, 6.45) is 1.88. The number of aryl methyl sites for hydroxylation is 1. The van der Waals surface area contributed by atoms with Crippen molar-refractivity contribution in [2.45, 2.75) is 12.3 Å². The summed E-state index contributed by atoms with van der Waals surface area (Å²) in [5.74, 6) is 0.322. The number of nitrogens with one attached hydrogen (secondary N) is 1. The van der Waals surface area contributed by atoms with Gasteiger partial charge in [-0.3, -0.25) is 9.20 Å². The Morgan fingerprint density at radius 3 is 2.44 bits per heavy atom. The summed E-state index contributed by atoms with van der Waals surface area (Å²) < 4.78 is 1.86. The van der Waals surface area contributed by atoms with E-state index < -0.39 is 5.38 Å². The first-order valence-corrected chi connectivity index (χ1v) is 9.11. The number of hydrogen-bond acceptors (Lipinski definition) is 2. The maximum Gasteiger partial charge on any atom is 0.248 e. The highest BCUT2D eigenvalue weighted by molar-refractivity contribution is 6.32. The largest absolute Gasteiger partial charge is 0.308 e. The first kappa shape index (κ1) is 17.3. The minimum absolute atomic E-state index is 0.290. The molecule has 0 aliphatic heterocycles. The Morgan fingerprint density at radius 1 is 1.00 bits per heavy atom. The highest BCUT2D eigenvalue weighted by Gasteiger charge is 2.22. The number of carbonyl (C=O) groups excluding carboxylic acids is 1. The van der Waals surface area contributed by atoms with Gasteiger partial charge in [0, 0.05) is 11.8 Å². The van der Waals surface area contributed by atoms with E-state index in [0.29, 0.717) is 11.5 Å². The maximum atomic E-state index is 12.8. The number of fused-ring (bicyclic) bond motifs is 1. The fraction of sp³-hybridized carbons (Fsp3) is 0.0909. The van der Waals surface area contributed by atoms with Crippen molar-refractivity contribution in [2.24, 2.45) is 0 Å². The molecule has 0 spiro atoms. The van der Waals surface area contributed by atoms with Crippen LogP contribution in [0.4, 0.5) is 5.82 Å². The van der Waals surface area contributed by atoms with Crippen LogP contribution in [-0.4, -0.2) is 15.3 Å². The molecule has 0 radical (unpaired) electrons. The second-order valence-electron chi connectivity index (χ2n) is 6.37. The molecule has 0 saturated heterocycles. The Kier molecular flexibility index (Phi) is 4.65. The van der Waals surface area contributed by atoms with Gasteiger partial charge in [-0.25, -0.2) is 4.98 Å². The zero-order valence-corrected chi connectivity index (χ0v) is 15.5. The second-order valence-corrected chi connectivity index (χ2v) is 6.80. The standard InChI is InChI=1S/C22H18ClN3O/c1-15-10-12-17(13-11-15)20-21(26-14-6-5-9-18(26)24-20)25-22(27)19(23)16-7-3-2-4-8-16/h2-14,19H,1H3,(H,25,27). The molecule has 4 nitrogen and oxygen atoms in total. The molecule has 2 aromatic carbocycles. The fourth-order valence-corrected chi connectivity index (χ4v) is 3.18. The fourth-order valence-electron chi connectivity index (χ4n) is 2.98. The van der Waals surface area contributed by atoms with E-state index in [2.05, 4.69) is 5.32 Å². The summed E-state index contributed by atoms with van der Waals surface area (Å²) in [4.78, 5) is 17.5. The Bertz CT molecular complexity index is 1090. The Labute approximate surface area is 162 Å². The highest BCUT2D eigenvalue weighted by Crippen LogP contribution is 2.30. The van der Waals surface area contributed by atoms with Gasteiger partial charge in [0.1, 0.15) is 22.5 Å². The number of benzene rings is 2. The van der Waals surface area contributed by atoms with E-state index in [1.807, 2.05) is 90.3 Å². The molecule has 4 aromatic rings. The van der Waals surface area contributed by atoms with Gasteiger partial charge in [-0.05, 0) is 24.6 Å². The molecule has 5 heteroatoms. The lowest BCUT2D eigenvalue weighted by molar-refractivity contribution is -0.116. The molecule has 4 rings (SSSR count). The third kappa shape index (κ3) is 3.44. The van der Waals surface area contributed by atoms with Gasteiger partial charge in [0.15, 0.2) is 0 Å². The molecule has 1 N–H and O–H groups in total. The number of rotatable bonds is 4. The first-order valence-electron chi connectivity index (χ1n) is 8.67. The van der Waals surface area contributed by atoms with E-state index in [0.717, 1.165) is 22.3 Å². The molecule has 0 bridgehead atoms. The van der Waals surface area contributed by atoms with Crippen LogP contribution in [0.25, 0.3) is 16.9 Å². The second kappa shape index (κ2) is 7.25. The average Bonchev–Trinajstić information content (AvgIpc) is 3.07. The first-order chi connectivity index (χ1) is 13.1. The molecule has 2 aromatic heterocycles. The van der Waals surface area contributed by atoms with E-state index >= 15 is 0 Å². The van der Waals surface area contributed by atoms with Crippen LogP contribution >= 0.6 is 11.6 Å². The molecule has 2 heterocycles. The van der Waals surface area contributed by atoms with Crippen molar-refractivity contribution in [1.29, 1.82) is 0 Å². The van der Waals surface area contributed by atoms with Crippen LogP contribution in [0.1, 0.15) is 16.5 Å². The zero-order valence-electron chi connectivity index (χ0n) is 14.8. The quantitative estimate of drug-likeness (QED) is 0.496. The molecule has 0 aliphatic carbocycles. The van der Waals surface area contributed by atoms with Crippen molar-refractivity contribution >= 4 is 29.0 Å². The van der Waals surface area contributed by atoms with E-state index in [-0.39, 0.29) is 5.91 Å². The number of anilines is 1. The third-order valence-electron chi connectivity index (χ3n) is 4.42. The minimum Gasteiger partial charge on any atom is -0.308 e. The molecule has 0 saturated carbocycles. The van der Waals surface area contributed by atoms with Gasteiger partial charge in [0.05, 0.1) is 0 Å². The van der Waals surface area contributed by atoms with Crippen LogP contribution in [0.2, 0.25) is 0 Å². The van der Waals surface area contributed by atoms with Crippen molar-refractivity contribution in [3.05, 3.63) is 90.1 Å². The molecular weight excluding hydrogens is 358 g/mol. The predicted molar refractivity (Wildman–Crippen MR) is 109 cm³/mol. The summed E-state index contributed by atoms with van der Waals surface area (Å²) in [6, 6.07) is 23.1. The predicted octanol–water partition coefficient (Wildman–Crippen LogP) is 5.23. The molecule has 27 heavy (non-hydrogen) atoms. The Morgan fingerprint density at radius 2 is 1.70 bits per heavy atom. The number of halogens is 1. The summed E-state index contributed by atoms with van der Waals surface area (Å²) in [5, 5.41) is 2.19. The summed E-state index contributed by atoms with van der Waals surface area (Å²) in [6.45, 7) is 2.04. The number of carbonyl (C=O) groups is 1. The van der Waals surface area contributed by atoms with Crippen molar-refractivity contribution in [3.63, 3.8) is 0 Å². The molecular formula is C22H18ClN3O. The van der Waals surface area contributed by atoms with Gasteiger partial charge in [0.25, 0.3) is 0 Å². The van der Waals surface area contributed by atoms with E-state index in [1.165, 1.54) is 0 Å². The maximum absolute atomic E-state index is 12.8. The average molecular weight is 376 g/mol. The normalized spacial score (nSPS) is 12.1. The van der Waals surface area contributed by atoms with E-state index in [9.17, 15) is 4.79 Å². The van der Waals surface area contributed by atoms with E-state index in [1.54, 1.807) is 0 Å². The lowest BCUT2D eigenvalue weighted by Crippen LogP contribution is -2.18. The number of hydrogen-bond donors (Lipinski definition) is 1. The Balaban J connectivity index is 1.75. The van der Waals surface area contributed by atoms with Gasteiger partial charge < -0.3 is 5.32 Å².